The van der Waals surface area contributed by atoms with Crippen molar-refractivity contribution < 1.29 is 4.52 Å². The molecule has 0 aromatic carbocycles. The summed E-state index contributed by atoms with van der Waals surface area (Å²) in [6.45, 7) is 1.01. The van der Waals surface area contributed by atoms with Crippen LogP contribution in [0.2, 0.25) is 0 Å². The highest BCUT2D eigenvalue weighted by molar-refractivity contribution is 6.36. The van der Waals surface area contributed by atoms with E-state index in [1.165, 1.54) is 11.9 Å². The van der Waals surface area contributed by atoms with Crippen molar-refractivity contribution in [2.24, 2.45) is 0 Å². The molecule has 1 rings (SSSR count). The van der Waals surface area contributed by atoms with Crippen LogP contribution in [-0.2, 0) is 6.54 Å². The van der Waals surface area contributed by atoms with Gasteiger partial charge >= 0.3 is 0 Å². The normalized spacial score (nSPS) is 12.0. The molecule has 0 atom stereocenters. The first-order chi connectivity index (χ1) is 5.83. The zero-order valence-electron chi connectivity index (χ0n) is 6.13. The van der Waals surface area contributed by atoms with E-state index in [1.54, 1.807) is 0 Å². The molecular formula is C6H7Cl2N3O. The lowest BCUT2D eigenvalue weighted by Crippen LogP contribution is -2.15. The topological polar surface area (TPSA) is 51.0 Å². The fraction of sp³-hybridized carbons (Fsp3) is 0.333. The van der Waals surface area contributed by atoms with Crippen molar-refractivity contribution in [2.45, 2.75) is 6.54 Å². The van der Waals surface area contributed by atoms with E-state index < -0.39 is 0 Å². The second kappa shape index (κ2) is 5.13. The minimum absolute atomic E-state index is 0.500. The first-order valence-electron chi connectivity index (χ1n) is 3.23. The summed E-state index contributed by atoms with van der Waals surface area (Å²) in [4.78, 5) is 3.80. The van der Waals surface area contributed by atoms with Gasteiger partial charge in [-0.05, 0) is 0 Å². The molecule has 1 aromatic rings. The summed E-state index contributed by atoms with van der Waals surface area (Å²) < 4.78 is 4.52. The Hall–Kier alpha value is -0.580. The van der Waals surface area contributed by atoms with E-state index in [9.17, 15) is 0 Å². The van der Waals surface area contributed by atoms with Crippen LogP contribution >= 0.6 is 23.2 Å². The number of rotatable bonds is 4. The average molecular weight is 208 g/mol. The second-order valence-corrected chi connectivity index (χ2v) is 2.71. The van der Waals surface area contributed by atoms with Crippen molar-refractivity contribution in [1.82, 2.24) is 15.5 Å². The number of nitrogens with one attached hydrogen (secondary N) is 1. The van der Waals surface area contributed by atoms with Crippen LogP contribution in [0.3, 0.4) is 0 Å². The maximum atomic E-state index is 5.61. The summed E-state index contributed by atoms with van der Waals surface area (Å²) >= 11 is 10.9. The zero-order chi connectivity index (χ0) is 8.81. The molecule has 0 amide bonds. The molecule has 0 fully saturated rings. The number of nitrogens with zero attached hydrogens (tertiary/aromatic N) is 2. The third-order valence-electron chi connectivity index (χ3n) is 1.10. The first kappa shape index (κ1) is 9.51. The van der Waals surface area contributed by atoms with E-state index in [1.807, 2.05) is 0 Å². The van der Waals surface area contributed by atoms with Crippen molar-refractivity contribution in [2.75, 3.05) is 6.54 Å². The number of aromatic nitrogens is 2. The standard InChI is InChI=1S/C6H7Cl2N3O/c7-1-5(8)2-9-3-6-10-4-12-11-6/h1,4,9H,2-3H2/b5-1+. The van der Waals surface area contributed by atoms with Gasteiger partial charge in [-0.25, -0.2) is 0 Å². The van der Waals surface area contributed by atoms with Crippen LogP contribution in [0.1, 0.15) is 5.82 Å². The van der Waals surface area contributed by atoms with E-state index in [0.29, 0.717) is 23.9 Å². The minimum Gasteiger partial charge on any atom is -0.343 e. The summed E-state index contributed by atoms with van der Waals surface area (Å²) in [5.41, 5.74) is 1.31. The third kappa shape index (κ3) is 3.21. The predicted octanol–water partition coefficient (Wildman–Crippen LogP) is 1.48. The highest BCUT2D eigenvalue weighted by atomic mass is 35.5. The molecule has 0 spiro atoms. The molecule has 0 radical (unpaired) electrons. The largest absolute Gasteiger partial charge is 0.343 e. The van der Waals surface area contributed by atoms with Gasteiger partial charge in [0.25, 0.3) is 0 Å². The van der Waals surface area contributed by atoms with E-state index in [-0.39, 0.29) is 0 Å². The molecule has 1 N–H and O–H groups in total. The Morgan fingerprint density at radius 2 is 2.58 bits per heavy atom. The SMILES string of the molecule is Cl/C=C(/Cl)CNCc1ncon1. The number of hydrogen-bond donors (Lipinski definition) is 1. The van der Waals surface area contributed by atoms with Gasteiger partial charge in [0, 0.05) is 17.1 Å². The monoisotopic (exact) mass is 207 g/mol. The Balaban J connectivity index is 2.19. The van der Waals surface area contributed by atoms with E-state index in [0.717, 1.165) is 0 Å². The third-order valence-corrected chi connectivity index (χ3v) is 1.72. The molecule has 0 saturated carbocycles. The Morgan fingerprint density at radius 3 is 3.17 bits per heavy atom. The lowest BCUT2D eigenvalue weighted by atomic mass is 10.5. The molecule has 0 aliphatic heterocycles. The lowest BCUT2D eigenvalue weighted by Gasteiger charge is -1.97. The van der Waals surface area contributed by atoms with Gasteiger partial charge in [0.15, 0.2) is 5.82 Å². The van der Waals surface area contributed by atoms with Crippen molar-refractivity contribution in [3.05, 3.63) is 22.8 Å². The van der Waals surface area contributed by atoms with Gasteiger partial charge in [0.2, 0.25) is 6.39 Å². The van der Waals surface area contributed by atoms with Crippen LogP contribution in [-0.4, -0.2) is 16.7 Å². The molecule has 0 unspecified atom stereocenters. The van der Waals surface area contributed by atoms with Crippen LogP contribution in [0.4, 0.5) is 0 Å². The van der Waals surface area contributed by atoms with Crippen LogP contribution in [0.25, 0.3) is 0 Å². The molecule has 66 valence electrons. The summed E-state index contributed by atoms with van der Waals surface area (Å²) in [7, 11) is 0. The summed E-state index contributed by atoms with van der Waals surface area (Å²) in [5, 5.41) is 7.11. The summed E-state index contributed by atoms with van der Waals surface area (Å²) in [6.07, 6.45) is 1.27. The molecule has 0 aliphatic carbocycles. The van der Waals surface area contributed by atoms with Crippen molar-refractivity contribution >= 4 is 23.2 Å². The van der Waals surface area contributed by atoms with Crippen LogP contribution < -0.4 is 5.32 Å². The van der Waals surface area contributed by atoms with Crippen molar-refractivity contribution in [3.8, 4) is 0 Å². The Labute approximate surface area is 79.5 Å². The van der Waals surface area contributed by atoms with Crippen LogP contribution in [0.5, 0.6) is 0 Å². The molecular weight excluding hydrogens is 201 g/mol. The zero-order valence-corrected chi connectivity index (χ0v) is 7.64. The highest BCUT2D eigenvalue weighted by Gasteiger charge is 1.97. The van der Waals surface area contributed by atoms with Gasteiger partial charge in [0.1, 0.15) is 0 Å². The lowest BCUT2D eigenvalue weighted by molar-refractivity contribution is 0.408. The minimum atomic E-state index is 0.500. The maximum absolute atomic E-state index is 5.61. The van der Waals surface area contributed by atoms with Gasteiger partial charge in [-0.2, -0.15) is 4.98 Å². The van der Waals surface area contributed by atoms with Crippen molar-refractivity contribution in [1.29, 1.82) is 0 Å². The second-order valence-electron chi connectivity index (χ2n) is 2.01. The Kier molecular flexibility index (Phi) is 4.07. The number of hydrogen-bond acceptors (Lipinski definition) is 4. The van der Waals surface area contributed by atoms with Gasteiger partial charge in [-0.3, -0.25) is 0 Å². The molecule has 12 heavy (non-hydrogen) atoms. The highest BCUT2D eigenvalue weighted by Crippen LogP contribution is 2.00. The van der Waals surface area contributed by atoms with Gasteiger partial charge in [-0.1, -0.05) is 28.4 Å². The molecule has 1 aromatic heterocycles. The molecule has 0 aliphatic rings. The quantitative estimate of drug-likeness (QED) is 0.813. The van der Waals surface area contributed by atoms with Gasteiger partial charge in [-0.15, -0.1) is 0 Å². The smallest absolute Gasteiger partial charge is 0.213 e. The Bertz CT molecular complexity index is 247. The van der Waals surface area contributed by atoms with Gasteiger partial charge in [0.05, 0.1) is 6.54 Å². The van der Waals surface area contributed by atoms with Crippen molar-refractivity contribution in [3.63, 3.8) is 0 Å². The van der Waals surface area contributed by atoms with E-state index >= 15 is 0 Å². The fourth-order valence-corrected chi connectivity index (χ4v) is 0.774. The average Bonchev–Trinajstić information content (AvgIpc) is 2.57. The fourth-order valence-electron chi connectivity index (χ4n) is 0.603. The van der Waals surface area contributed by atoms with Gasteiger partial charge < -0.3 is 9.84 Å². The summed E-state index contributed by atoms with van der Waals surface area (Å²) in [5.74, 6) is 0.592. The van der Waals surface area contributed by atoms with Crippen LogP contribution in [0.15, 0.2) is 21.5 Å². The first-order valence-corrected chi connectivity index (χ1v) is 4.05. The predicted molar refractivity (Wildman–Crippen MR) is 45.8 cm³/mol. The van der Waals surface area contributed by atoms with E-state index in [4.69, 9.17) is 23.2 Å². The van der Waals surface area contributed by atoms with E-state index in [2.05, 4.69) is 20.0 Å². The molecule has 0 bridgehead atoms. The number of halogens is 2. The molecule has 1 heterocycles. The molecule has 0 saturated heterocycles. The molecule has 6 heteroatoms. The van der Waals surface area contributed by atoms with Crippen LogP contribution in [0, 0.1) is 0 Å². The molecule has 4 nitrogen and oxygen atoms in total. The Morgan fingerprint density at radius 1 is 1.75 bits per heavy atom. The summed E-state index contributed by atoms with van der Waals surface area (Å²) in [6, 6.07) is 0. The maximum Gasteiger partial charge on any atom is 0.213 e.